The van der Waals surface area contributed by atoms with Crippen molar-refractivity contribution in [3.8, 4) is 5.75 Å². The summed E-state index contributed by atoms with van der Waals surface area (Å²) in [7, 11) is 0. The fourth-order valence-corrected chi connectivity index (χ4v) is 3.71. The highest BCUT2D eigenvalue weighted by Gasteiger charge is 2.30. The molecule has 0 unspecified atom stereocenters. The fourth-order valence-electron chi connectivity index (χ4n) is 2.46. The molecule has 20 heavy (non-hydrogen) atoms. The minimum Gasteiger partial charge on any atom is -0.487 e. The van der Waals surface area contributed by atoms with Crippen LogP contribution in [0.5, 0.6) is 5.75 Å². The molecular weight excluding hydrogens is 292 g/mol. The average molecular weight is 307 g/mol. The van der Waals surface area contributed by atoms with Gasteiger partial charge in [0.15, 0.2) is 0 Å². The summed E-state index contributed by atoms with van der Waals surface area (Å²) >= 11 is 7.58. The van der Waals surface area contributed by atoms with Crippen LogP contribution in [0.3, 0.4) is 0 Å². The Balaban J connectivity index is 1.97. The van der Waals surface area contributed by atoms with E-state index in [1.165, 1.54) is 11.3 Å². The highest BCUT2D eigenvalue weighted by Crippen LogP contribution is 2.36. The zero-order valence-corrected chi connectivity index (χ0v) is 13.2. The first-order valence-electron chi connectivity index (χ1n) is 6.47. The number of rotatable bonds is 2. The zero-order chi connectivity index (χ0) is 14.5. The van der Waals surface area contributed by atoms with Crippen molar-refractivity contribution in [1.29, 1.82) is 0 Å². The molecule has 0 bridgehead atoms. The SMILES string of the molecule is Cc1csc(C(=O)c2ccc3c(c2)CC(C)(C)O3)c1Cl. The van der Waals surface area contributed by atoms with Crippen molar-refractivity contribution in [2.75, 3.05) is 0 Å². The molecule has 0 radical (unpaired) electrons. The van der Waals surface area contributed by atoms with Gasteiger partial charge in [-0.2, -0.15) is 0 Å². The summed E-state index contributed by atoms with van der Waals surface area (Å²) in [5.41, 5.74) is 2.52. The molecule has 1 aliphatic heterocycles. The molecule has 1 aromatic heterocycles. The Kier molecular flexibility index (Phi) is 3.14. The van der Waals surface area contributed by atoms with Crippen molar-refractivity contribution in [3.05, 3.63) is 50.2 Å². The molecule has 3 rings (SSSR count). The predicted octanol–water partition coefficient (Wildman–Crippen LogP) is 4.65. The molecule has 1 aromatic carbocycles. The summed E-state index contributed by atoms with van der Waals surface area (Å²) < 4.78 is 5.83. The number of aryl methyl sites for hydroxylation is 1. The van der Waals surface area contributed by atoms with Gasteiger partial charge in [-0.25, -0.2) is 0 Å². The first-order valence-corrected chi connectivity index (χ1v) is 7.73. The van der Waals surface area contributed by atoms with Gasteiger partial charge in [-0.15, -0.1) is 11.3 Å². The van der Waals surface area contributed by atoms with Gasteiger partial charge < -0.3 is 4.74 Å². The lowest BCUT2D eigenvalue weighted by molar-refractivity contribution is 0.104. The number of ether oxygens (including phenoxy) is 1. The molecule has 104 valence electrons. The maximum absolute atomic E-state index is 12.5. The quantitative estimate of drug-likeness (QED) is 0.755. The number of hydrogen-bond acceptors (Lipinski definition) is 3. The minimum atomic E-state index is -0.193. The van der Waals surface area contributed by atoms with Crippen molar-refractivity contribution < 1.29 is 9.53 Å². The minimum absolute atomic E-state index is 0.0133. The number of halogens is 1. The molecule has 2 heterocycles. The van der Waals surface area contributed by atoms with Crippen LogP contribution in [0.15, 0.2) is 23.6 Å². The molecule has 0 saturated carbocycles. The van der Waals surface area contributed by atoms with Crippen LogP contribution in [0, 0.1) is 6.92 Å². The first kappa shape index (κ1) is 13.7. The number of carbonyl (C=O) groups is 1. The summed E-state index contributed by atoms with van der Waals surface area (Å²) in [6.45, 7) is 6.01. The standard InChI is InChI=1S/C16H15ClO2S/c1-9-8-20-15(13(9)17)14(18)10-4-5-12-11(6-10)7-16(2,3)19-12/h4-6,8H,7H2,1-3H3. The molecule has 4 heteroatoms. The molecule has 0 spiro atoms. The largest absolute Gasteiger partial charge is 0.487 e. The molecule has 0 saturated heterocycles. The molecule has 0 amide bonds. The van der Waals surface area contributed by atoms with Crippen LogP contribution >= 0.6 is 22.9 Å². The summed E-state index contributed by atoms with van der Waals surface area (Å²) in [5.74, 6) is 0.862. The number of benzene rings is 1. The Morgan fingerprint density at radius 3 is 2.80 bits per heavy atom. The molecule has 2 aromatic rings. The fraction of sp³-hybridized carbons (Fsp3) is 0.312. The van der Waals surface area contributed by atoms with Crippen molar-refractivity contribution in [1.82, 2.24) is 0 Å². The van der Waals surface area contributed by atoms with Crippen molar-refractivity contribution >= 4 is 28.7 Å². The Morgan fingerprint density at radius 2 is 2.15 bits per heavy atom. The highest BCUT2D eigenvalue weighted by molar-refractivity contribution is 7.13. The third-order valence-electron chi connectivity index (χ3n) is 3.43. The number of ketones is 1. The van der Waals surface area contributed by atoms with E-state index in [-0.39, 0.29) is 11.4 Å². The predicted molar refractivity (Wildman–Crippen MR) is 82.4 cm³/mol. The maximum atomic E-state index is 12.5. The third-order valence-corrected chi connectivity index (χ3v) is 5.13. The molecule has 0 atom stereocenters. The number of hydrogen-bond donors (Lipinski definition) is 0. The smallest absolute Gasteiger partial charge is 0.204 e. The monoisotopic (exact) mass is 306 g/mol. The summed E-state index contributed by atoms with van der Waals surface area (Å²) in [6, 6.07) is 5.62. The Hall–Kier alpha value is -1.32. The second-order valence-electron chi connectivity index (χ2n) is 5.75. The lowest BCUT2D eigenvalue weighted by Gasteiger charge is -2.16. The molecule has 0 fully saturated rings. The summed E-state index contributed by atoms with van der Waals surface area (Å²) in [5, 5.41) is 2.48. The van der Waals surface area contributed by atoms with E-state index in [0.29, 0.717) is 15.5 Å². The van der Waals surface area contributed by atoms with E-state index < -0.39 is 0 Å². The second kappa shape index (κ2) is 4.61. The molecule has 1 aliphatic rings. The van der Waals surface area contributed by atoms with Crippen molar-refractivity contribution in [3.63, 3.8) is 0 Å². The van der Waals surface area contributed by atoms with Gasteiger partial charge in [-0.3, -0.25) is 4.79 Å². The number of carbonyl (C=O) groups excluding carboxylic acids is 1. The molecule has 0 N–H and O–H groups in total. The Bertz CT molecular complexity index is 700. The molecule has 2 nitrogen and oxygen atoms in total. The summed E-state index contributed by atoms with van der Waals surface area (Å²) in [6.07, 6.45) is 0.820. The molecule has 0 aliphatic carbocycles. The summed E-state index contributed by atoms with van der Waals surface area (Å²) in [4.78, 5) is 13.1. The Labute approximate surface area is 127 Å². The van der Waals surface area contributed by atoms with Crippen molar-refractivity contribution in [2.24, 2.45) is 0 Å². The van der Waals surface area contributed by atoms with Gasteiger partial charge in [-0.05, 0) is 55.5 Å². The van der Waals surface area contributed by atoms with Gasteiger partial charge in [0.1, 0.15) is 11.4 Å². The van der Waals surface area contributed by atoms with E-state index in [1.807, 2.05) is 44.4 Å². The van der Waals surface area contributed by atoms with Crippen molar-refractivity contribution in [2.45, 2.75) is 32.8 Å². The van der Waals surface area contributed by atoms with Gasteiger partial charge in [0.2, 0.25) is 5.78 Å². The number of thiophene rings is 1. The Morgan fingerprint density at radius 1 is 1.40 bits per heavy atom. The van der Waals surface area contributed by atoms with E-state index in [1.54, 1.807) is 0 Å². The van der Waals surface area contributed by atoms with Crippen LogP contribution in [-0.2, 0) is 6.42 Å². The number of fused-ring (bicyclic) bond motifs is 1. The lowest BCUT2D eigenvalue weighted by Crippen LogP contribution is -2.24. The lowest BCUT2D eigenvalue weighted by atomic mass is 9.99. The van der Waals surface area contributed by atoms with Gasteiger partial charge in [0.05, 0.1) is 9.90 Å². The topological polar surface area (TPSA) is 26.3 Å². The third kappa shape index (κ3) is 2.25. The van der Waals surface area contributed by atoms with Crippen LogP contribution in [-0.4, -0.2) is 11.4 Å². The second-order valence-corrected chi connectivity index (χ2v) is 7.01. The van der Waals surface area contributed by atoms with E-state index in [9.17, 15) is 4.79 Å². The highest BCUT2D eigenvalue weighted by atomic mass is 35.5. The van der Waals surface area contributed by atoms with Gasteiger partial charge >= 0.3 is 0 Å². The average Bonchev–Trinajstić information content (AvgIpc) is 2.87. The maximum Gasteiger partial charge on any atom is 0.204 e. The van der Waals surface area contributed by atoms with Crippen LogP contribution in [0.2, 0.25) is 5.02 Å². The van der Waals surface area contributed by atoms with E-state index in [0.717, 1.165) is 23.3 Å². The van der Waals surface area contributed by atoms with Crippen LogP contribution in [0.1, 0.15) is 40.2 Å². The normalized spacial score (nSPS) is 15.8. The zero-order valence-electron chi connectivity index (χ0n) is 11.6. The van der Waals surface area contributed by atoms with Crippen LogP contribution in [0.25, 0.3) is 0 Å². The molecular formula is C16H15ClO2S. The van der Waals surface area contributed by atoms with E-state index in [2.05, 4.69) is 0 Å². The van der Waals surface area contributed by atoms with E-state index >= 15 is 0 Å². The van der Waals surface area contributed by atoms with Gasteiger partial charge in [0.25, 0.3) is 0 Å². The van der Waals surface area contributed by atoms with E-state index in [4.69, 9.17) is 16.3 Å². The van der Waals surface area contributed by atoms with Crippen LogP contribution < -0.4 is 4.74 Å². The van der Waals surface area contributed by atoms with Crippen LogP contribution in [0.4, 0.5) is 0 Å². The first-order chi connectivity index (χ1) is 9.37. The van der Waals surface area contributed by atoms with Gasteiger partial charge in [-0.1, -0.05) is 11.6 Å². The van der Waals surface area contributed by atoms with Gasteiger partial charge in [0, 0.05) is 12.0 Å².